The molecule has 1 aliphatic carbocycles. The molecule has 1 heterocycles. The lowest BCUT2D eigenvalue weighted by Gasteiger charge is -2.38. The summed E-state index contributed by atoms with van der Waals surface area (Å²) in [6.45, 7) is 2.82. The SMILES string of the molecule is FCCN1CCC2(CCC2)C1. The molecule has 1 spiro atoms. The van der Waals surface area contributed by atoms with E-state index in [9.17, 15) is 4.39 Å². The highest BCUT2D eigenvalue weighted by atomic mass is 19.1. The molecule has 11 heavy (non-hydrogen) atoms. The van der Waals surface area contributed by atoms with Crippen LogP contribution < -0.4 is 0 Å². The fourth-order valence-electron chi connectivity index (χ4n) is 2.42. The first kappa shape index (κ1) is 7.53. The number of hydrogen-bond acceptors (Lipinski definition) is 1. The van der Waals surface area contributed by atoms with Gasteiger partial charge in [0.2, 0.25) is 0 Å². The molecule has 2 aliphatic rings. The Morgan fingerprint density at radius 1 is 1.27 bits per heavy atom. The second-order valence-corrected chi connectivity index (χ2v) is 4.07. The van der Waals surface area contributed by atoms with E-state index in [4.69, 9.17) is 0 Å². The van der Waals surface area contributed by atoms with E-state index in [2.05, 4.69) is 4.90 Å². The molecular weight excluding hydrogens is 141 g/mol. The van der Waals surface area contributed by atoms with Crippen molar-refractivity contribution in [3.63, 3.8) is 0 Å². The molecule has 0 aromatic rings. The third kappa shape index (κ3) is 1.28. The first-order valence-electron chi connectivity index (χ1n) is 4.63. The van der Waals surface area contributed by atoms with E-state index in [1.54, 1.807) is 0 Å². The van der Waals surface area contributed by atoms with Crippen LogP contribution in [-0.2, 0) is 0 Å². The number of likely N-dealkylation sites (tertiary alicyclic amines) is 1. The van der Waals surface area contributed by atoms with Crippen LogP contribution in [0.5, 0.6) is 0 Å². The summed E-state index contributed by atoms with van der Waals surface area (Å²) in [6.07, 6.45) is 5.53. The van der Waals surface area contributed by atoms with E-state index >= 15 is 0 Å². The predicted octanol–water partition coefficient (Wildman–Crippen LogP) is 1.83. The Kier molecular flexibility index (Phi) is 1.88. The van der Waals surface area contributed by atoms with Gasteiger partial charge in [0.15, 0.2) is 0 Å². The Balaban J connectivity index is 1.83. The highest BCUT2D eigenvalue weighted by Gasteiger charge is 2.42. The Bertz CT molecular complexity index is 142. The van der Waals surface area contributed by atoms with Crippen LogP contribution in [0.1, 0.15) is 25.7 Å². The number of hydrogen-bond donors (Lipinski definition) is 0. The molecule has 1 saturated heterocycles. The molecule has 1 nitrogen and oxygen atoms in total. The quantitative estimate of drug-likeness (QED) is 0.591. The van der Waals surface area contributed by atoms with Crippen molar-refractivity contribution in [2.45, 2.75) is 25.7 Å². The minimum Gasteiger partial charge on any atom is -0.300 e. The van der Waals surface area contributed by atoms with Crippen molar-refractivity contribution in [3.8, 4) is 0 Å². The second-order valence-electron chi connectivity index (χ2n) is 4.07. The largest absolute Gasteiger partial charge is 0.300 e. The van der Waals surface area contributed by atoms with Crippen molar-refractivity contribution >= 4 is 0 Å². The molecule has 0 radical (unpaired) electrons. The average Bonchev–Trinajstić information content (AvgIpc) is 2.32. The van der Waals surface area contributed by atoms with Crippen LogP contribution in [-0.4, -0.2) is 31.2 Å². The number of nitrogens with zero attached hydrogens (tertiary/aromatic N) is 1. The smallest absolute Gasteiger partial charge is 0.102 e. The molecule has 0 amide bonds. The molecule has 0 bridgehead atoms. The van der Waals surface area contributed by atoms with Gasteiger partial charge in [0, 0.05) is 13.1 Å². The van der Waals surface area contributed by atoms with Gasteiger partial charge in [0.25, 0.3) is 0 Å². The molecule has 2 fully saturated rings. The van der Waals surface area contributed by atoms with Crippen LogP contribution in [0.3, 0.4) is 0 Å². The van der Waals surface area contributed by atoms with Gasteiger partial charge in [-0.15, -0.1) is 0 Å². The lowest BCUT2D eigenvalue weighted by molar-refractivity contribution is 0.137. The molecule has 2 heteroatoms. The third-order valence-corrected chi connectivity index (χ3v) is 3.33. The molecule has 64 valence electrons. The van der Waals surface area contributed by atoms with Gasteiger partial charge in [-0.1, -0.05) is 6.42 Å². The van der Waals surface area contributed by atoms with E-state index in [0.29, 0.717) is 12.0 Å². The minimum absolute atomic E-state index is 0.171. The summed E-state index contributed by atoms with van der Waals surface area (Å²) in [4.78, 5) is 2.28. The first-order chi connectivity index (χ1) is 5.35. The maximum atomic E-state index is 12.0. The molecular formula is C9H16FN. The molecule has 1 aliphatic heterocycles. The summed E-state index contributed by atoms with van der Waals surface area (Å²) in [5.41, 5.74) is 0.648. The zero-order valence-electron chi connectivity index (χ0n) is 6.98. The summed E-state index contributed by atoms with van der Waals surface area (Å²) < 4.78 is 12.0. The van der Waals surface area contributed by atoms with Crippen molar-refractivity contribution in [2.24, 2.45) is 5.41 Å². The molecule has 0 atom stereocenters. The lowest BCUT2D eigenvalue weighted by atomic mass is 9.68. The van der Waals surface area contributed by atoms with Crippen LogP contribution >= 0.6 is 0 Å². The van der Waals surface area contributed by atoms with E-state index in [1.165, 1.54) is 32.2 Å². The fraction of sp³-hybridized carbons (Fsp3) is 1.00. The normalized spacial score (nSPS) is 29.2. The van der Waals surface area contributed by atoms with Crippen molar-refractivity contribution in [2.75, 3.05) is 26.3 Å². The van der Waals surface area contributed by atoms with Gasteiger partial charge >= 0.3 is 0 Å². The number of rotatable bonds is 2. The van der Waals surface area contributed by atoms with Crippen LogP contribution in [0, 0.1) is 5.41 Å². The average molecular weight is 157 g/mol. The monoisotopic (exact) mass is 157 g/mol. The molecule has 0 aromatic heterocycles. The molecule has 0 N–H and O–H groups in total. The van der Waals surface area contributed by atoms with Crippen LogP contribution in [0.2, 0.25) is 0 Å². The maximum absolute atomic E-state index is 12.0. The topological polar surface area (TPSA) is 3.24 Å². The summed E-state index contributed by atoms with van der Waals surface area (Å²) in [6, 6.07) is 0. The van der Waals surface area contributed by atoms with Gasteiger partial charge in [0.1, 0.15) is 6.67 Å². The number of halogens is 1. The molecule has 0 unspecified atom stereocenters. The predicted molar refractivity (Wildman–Crippen MR) is 43.3 cm³/mol. The van der Waals surface area contributed by atoms with Crippen molar-refractivity contribution < 1.29 is 4.39 Å². The molecule has 2 rings (SSSR count). The molecule has 1 saturated carbocycles. The number of alkyl halides is 1. The van der Waals surface area contributed by atoms with Crippen molar-refractivity contribution in [1.82, 2.24) is 4.90 Å². The van der Waals surface area contributed by atoms with Crippen LogP contribution in [0.15, 0.2) is 0 Å². The van der Waals surface area contributed by atoms with Crippen LogP contribution in [0.25, 0.3) is 0 Å². The van der Waals surface area contributed by atoms with Gasteiger partial charge in [0.05, 0.1) is 0 Å². The highest BCUT2D eigenvalue weighted by molar-refractivity contribution is 4.95. The van der Waals surface area contributed by atoms with Crippen molar-refractivity contribution in [3.05, 3.63) is 0 Å². The summed E-state index contributed by atoms with van der Waals surface area (Å²) in [5.74, 6) is 0. The van der Waals surface area contributed by atoms with Crippen molar-refractivity contribution in [1.29, 1.82) is 0 Å². The van der Waals surface area contributed by atoms with E-state index in [0.717, 1.165) is 6.54 Å². The van der Waals surface area contributed by atoms with E-state index < -0.39 is 0 Å². The van der Waals surface area contributed by atoms with E-state index in [1.807, 2.05) is 0 Å². The Morgan fingerprint density at radius 2 is 2.09 bits per heavy atom. The fourth-order valence-corrected chi connectivity index (χ4v) is 2.42. The first-order valence-corrected chi connectivity index (χ1v) is 4.63. The standard InChI is InChI=1S/C9H16FN/c10-5-7-11-6-4-9(8-11)2-1-3-9/h1-8H2. The Hall–Kier alpha value is -0.110. The van der Waals surface area contributed by atoms with Gasteiger partial charge in [-0.05, 0) is 31.2 Å². The van der Waals surface area contributed by atoms with E-state index in [-0.39, 0.29) is 6.67 Å². The lowest BCUT2D eigenvalue weighted by Crippen LogP contribution is -2.33. The van der Waals surface area contributed by atoms with Gasteiger partial charge in [-0.25, -0.2) is 4.39 Å². The second kappa shape index (κ2) is 2.74. The maximum Gasteiger partial charge on any atom is 0.102 e. The summed E-state index contributed by atoms with van der Waals surface area (Å²) in [5, 5.41) is 0. The Labute approximate surface area is 67.6 Å². The zero-order valence-corrected chi connectivity index (χ0v) is 6.98. The summed E-state index contributed by atoms with van der Waals surface area (Å²) in [7, 11) is 0. The minimum atomic E-state index is -0.171. The van der Waals surface area contributed by atoms with Gasteiger partial charge < -0.3 is 4.90 Å². The zero-order chi connectivity index (χ0) is 7.73. The van der Waals surface area contributed by atoms with Gasteiger partial charge in [-0.3, -0.25) is 0 Å². The summed E-state index contributed by atoms with van der Waals surface area (Å²) >= 11 is 0. The highest BCUT2D eigenvalue weighted by Crippen LogP contribution is 2.47. The van der Waals surface area contributed by atoms with Crippen LogP contribution in [0.4, 0.5) is 4.39 Å². The Morgan fingerprint density at radius 3 is 2.55 bits per heavy atom. The third-order valence-electron chi connectivity index (χ3n) is 3.33. The van der Waals surface area contributed by atoms with Gasteiger partial charge in [-0.2, -0.15) is 0 Å². The molecule has 0 aromatic carbocycles.